The Bertz CT molecular complexity index is 463. The highest BCUT2D eigenvalue weighted by Gasteiger charge is 1.99. The smallest absolute Gasteiger partial charge is 0.244 e. The van der Waals surface area contributed by atoms with Gasteiger partial charge in [0.15, 0.2) is 5.49 Å². The van der Waals surface area contributed by atoms with Crippen molar-refractivity contribution in [1.29, 1.82) is 0 Å². The summed E-state index contributed by atoms with van der Waals surface area (Å²) in [5.41, 5.74) is 0.00116. The van der Waals surface area contributed by atoms with Gasteiger partial charge in [-0.3, -0.25) is 9.59 Å². The molecule has 1 aromatic rings. The Morgan fingerprint density at radius 1 is 1.53 bits per heavy atom. The SMILES string of the molecule is CC(=O)N=c1cc(NC(C)=O)ncn1O. The van der Waals surface area contributed by atoms with Crippen LogP contribution in [-0.4, -0.2) is 26.7 Å². The van der Waals surface area contributed by atoms with E-state index in [1.165, 1.54) is 19.9 Å². The lowest BCUT2D eigenvalue weighted by molar-refractivity contribution is -0.116. The molecule has 15 heavy (non-hydrogen) atoms. The normalized spacial score (nSPS) is 11.2. The zero-order valence-corrected chi connectivity index (χ0v) is 8.26. The number of nitrogens with one attached hydrogen (secondary N) is 1. The highest BCUT2D eigenvalue weighted by molar-refractivity contribution is 5.87. The van der Waals surface area contributed by atoms with Crippen molar-refractivity contribution in [3.63, 3.8) is 0 Å². The number of hydrogen-bond acceptors (Lipinski definition) is 4. The fourth-order valence-electron chi connectivity index (χ4n) is 0.895. The second kappa shape index (κ2) is 4.36. The highest BCUT2D eigenvalue weighted by Crippen LogP contribution is 1.94. The molecule has 1 heterocycles. The van der Waals surface area contributed by atoms with Gasteiger partial charge >= 0.3 is 0 Å². The summed E-state index contributed by atoms with van der Waals surface area (Å²) in [4.78, 5) is 28.6. The number of carbonyl (C=O) groups is 2. The van der Waals surface area contributed by atoms with Gasteiger partial charge in [-0.2, -0.15) is 9.72 Å². The number of carbonyl (C=O) groups excluding carboxylic acids is 2. The first kappa shape index (κ1) is 10.9. The van der Waals surface area contributed by atoms with Gasteiger partial charge < -0.3 is 10.5 Å². The number of hydrogen-bond donors (Lipinski definition) is 2. The summed E-state index contributed by atoms with van der Waals surface area (Å²) in [6.07, 6.45) is 1.03. The predicted octanol–water partition coefficient (Wildman–Crippen LogP) is -0.474. The summed E-state index contributed by atoms with van der Waals surface area (Å²) in [6, 6.07) is 1.28. The van der Waals surface area contributed by atoms with Crippen LogP contribution in [0.15, 0.2) is 17.4 Å². The third kappa shape index (κ3) is 3.22. The zero-order valence-electron chi connectivity index (χ0n) is 8.26. The molecule has 0 aliphatic heterocycles. The molecule has 1 aromatic heterocycles. The molecule has 0 unspecified atom stereocenters. The van der Waals surface area contributed by atoms with Crippen molar-refractivity contribution >= 4 is 17.6 Å². The van der Waals surface area contributed by atoms with Gasteiger partial charge in [0, 0.05) is 19.9 Å². The molecule has 0 saturated carbocycles. The van der Waals surface area contributed by atoms with E-state index in [2.05, 4.69) is 15.3 Å². The number of rotatable bonds is 1. The highest BCUT2D eigenvalue weighted by atomic mass is 16.5. The summed E-state index contributed by atoms with van der Waals surface area (Å²) in [6.45, 7) is 2.57. The third-order valence-electron chi connectivity index (χ3n) is 1.38. The average molecular weight is 210 g/mol. The lowest BCUT2D eigenvalue weighted by atomic mass is 10.5. The molecule has 0 spiro atoms. The molecular formula is C8H10N4O3. The Morgan fingerprint density at radius 2 is 2.20 bits per heavy atom. The van der Waals surface area contributed by atoms with Crippen LogP contribution in [0.3, 0.4) is 0 Å². The summed E-state index contributed by atoms with van der Waals surface area (Å²) >= 11 is 0. The van der Waals surface area contributed by atoms with Gasteiger partial charge in [-0.25, -0.2) is 4.98 Å². The van der Waals surface area contributed by atoms with E-state index in [4.69, 9.17) is 0 Å². The first-order valence-electron chi connectivity index (χ1n) is 4.10. The van der Waals surface area contributed by atoms with Crippen molar-refractivity contribution in [3.05, 3.63) is 17.9 Å². The maximum Gasteiger partial charge on any atom is 0.244 e. The summed E-state index contributed by atoms with van der Waals surface area (Å²) in [5, 5.41) is 11.6. The van der Waals surface area contributed by atoms with E-state index in [0.29, 0.717) is 4.73 Å². The van der Waals surface area contributed by atoms with Crippen molar-refractivity contribution in [2.24, 2.45) is 4.99 Å². The Morgan fingerprint density at radius 3 is 2.73 bits per heavy atom. The number of anilines is 1. The first-order chi connectivity index (χ1) is 6.99. The fourth-order valence-corrected chi connectivity index (χ4v) is 0.895. The molecule has 1 rings (SSSR count). The first-order valence-corrected chi connectivity index (χ1v) is 4.10. The van der Waals surface area contributed by atoms with E-state index in [-0.39, 0.29) is 17.2 Å². The van der Waals surface area contributed by atoms with Crippen LogP contribution in [0.25, 0.3) is 0 Å². The summed E-state index contributed by atoms with van der Waals surface area (Å²) < 4.78 is 0.590. The van der Waals surface area contributed by atoms with E-state index in [0.717, 1.165) is 6.33 Å². The molecule has 0 radical (unpaired) electrons. The molecule has 7 nitrogen and oxygen atoms in total. The van der Waals surface area contributed by atoms with Crippen molar-refractivity contribution in [1.82, 2.24) is 9.71 Å². The average Bonchev–Trinajstić information content (AvgIpc) is 2.09. The molecule has 0 aliphatic rings. The van der Waals surface area contributed by atoms with Gasteiger partial charge in [0.2, 0.25) is 11.8 Å². The van der Waals surface area contributed by atoms with E-state index in [1.54, 1.807) is 0 Å². The third-order valence-corrected chi connectivity index (χ3v) is 1.38. The maximum absolute atomic E-state index is 10.7. The minimum atomic E-state index is -0.460. The molecule has 0 atom stereocenters. The topological polar surface area (TPSA) is 96.6 Å². The van der Waals surface area contributed by atoms with Crippen LogP contribution in [0.4, 0.5) is 5.82 Å². The van der Waals surface area contributed by atoms with Crippen LogP contribution in [0.1, 0.15) is 13.8 Å². The lowest BCUT2D eigenvalue weighted by Gasteiger charge is -2.01. The summed E-state index contributed by atoms with van der Waals surface area (Å²) in [7, 11) is 0. The van der Waals surface area contributed by atoms with Crippen molar-refractivity contribution in [2.45, 2.75) is 13.8 Å². The molecule has 7 heteroatoms. The molecule has 0 bridgehead atoms. The van der Waals surface area contributed by atoms with Crippen molar-refractivity contribution in [3.8, 4) is 0 Å². The van der Waals surface area contributed by atoms with Crippen LogP contribution in [-0.2, 0) is 9.59 Å². The van der Waals surface area contributed by atoms with Crippen molar-refractivity contribution < 1.29 is 14.8 Å². The number of amides is 2. The number of nitrogens with zero attached hydrogens (tertiary/aromatic N) is 3. The Balaban J connectivity index is 3.16. The van der Waals surface area contributed by atoms with Gasteiger partial charge in [-0.15, -0.1) is 0 Å². The maximum atomic E-state index is 10.7. The van der Waals surface area contributed by atoms with Gasteiger partial charge in [-0.1, -0.05) is 0 Å². The van der Waals surface area contributed by atoms with Crippen LogP contribution >= 0.6 is 0 Å². The molecule has 0 aliphatic carbocycles. The lowest BCUT2D eigenvalue weighted by Crippen LogP contribution is -2.22. The molecule has 2 amide bonds. The van der Waals surface area contributed by atoms with E-state index in [1.807, 2.05) is 0 Å². The number of aromatic nitrogens is 2. The van der Waals surface area contributed by atoms with E-state index in [9.17, 15) is 14.8 Å². The van der Waals surface area contributed by atoms with Crippen LogP contribution in [0, 0.1) is 0 Å². The quantitative estimate of drug-likeness (QED) is 0.612. The summed E-state index contributed by atoms with van der Waals surface area (Å²) in [5.74, 6) is -0.544. The predicted molar refractivity (Wildman–Crippen MR) is 50.0 cm³/mol. The second-order valence-corrected chi connectivity index (χ2v) is 2.79. The van der Waals surface area contributed by atoms with Crippen LogP contribution in [0.5, 0.6) is 0 Å². The largest absolute Gasteiger partial charge is 0.425 e. The zero-order chi connectivity index (χ0) is 11.4. The molecule has 0 aromatic carbocycles. The van der Waals surface area contributed by atoms with E-state index >= 15 is 0 Å². The van der Waals surface area contributed by atoms with E-state index < -0.39 is 5.91 Å². The monoisotopic (exact) mass is 210 g/mol. The molecule has 2 N–H and O–H groups in total. The van der Waals surface area contributed by atoms with Gasteiger partial charge in [0.1, 0.15) is 12.1 Å². The Labute approximate surface area is 85.1 Å². The van der Waals surface area contributed by atoms with Gasteiger partial charge in [0.25, 0.3) is 0 Å². The molecular weight excluding hydrogens is 200 g/mol. The van der Waals surface area contributed by atoms with Crippen molar-refractivity contribution in [2.75, 3.05) is 5.32 Å². The Hall–Kier alpha value is -2.18. The second-order valence-electron chi connectivity index (χ2n) is 2.79. The van der Waals surface area contributed by atoms with Crippen LogP contribution in [0.2, 0.25) is 0 Å². The Kier molecular flexibility index (Phi) is 3.17. The minimum Gasteiger partial charge on any atom is -0.425 e. The molecule has 0 fully saturated rings. The molecule has 0 saturated heterocycles. The van der Waals surface area contributed by atoms with Gasteiger partial charge in [-0.05, 0) is 0 Å². The minimum absolute atomic E-state index is 0.00116. The van der Waals surface area contributed by atoms with Gasteiger partial charge in [0.05, 0.1) is 0 Å². The molecule has 80 valence electrons. The van der Waals surface area contributed by atoms with Crippen LogP contribution < -0.4 is 10.8 Å². The fraction of sp³-hybridized carbons (Fsp3) is 0.250. The standard InChI is InChI=1S/C8H10N4O3/c1-5(13)10-7-3-8(11-6(2)14)12(15)4-9-7/h3-4,15H,1-2H3,(H,10,13).